The van der Waals surface area contributed by atoms with Gasteiger partial charge in [0.1, 0.15) is 0 Å². The zero-order valence-electron chi connectivity index (χ0n) is 9.74. The van der Waals surface area contributed by atoms with Crippen molar-refractivity contribution in [3.05, 3.63) is 29.3 Å². The largest absolute Gasteiger partial charge is 0.478 e. The summed E-state index contributed by atoms with van der Waals surface area (Å²) in [5.41, 5.74) is -0.714. The summed E-state index contributed by atoms with van der Waals surface area (Å²) in [4.78, 5) is 10.6. The third-order valence-electron chi connectivity index (χ3n) is 3.03. The molecule has 2 N–H and O–H groups in total. The molecule has 1 aliphatic heterocycles. The molecule has 0 aliphatic carbocycles. The maximum Gasteiger partial charge on any atom is 0.338 e. The molecule has 1 fully saturated rings. The Labute approximate surface area is 103 Å². The van der Waals surface area contributed by atoms with Gasteiger partial charge in [0, 0.05) is 6.61 Å². The number of ether oxygens (including phenoxy) is 1. The van der Waals surface area contributed by atoms with Gasteiger partial charge in [-0.25, -0.2) is 13.6 Å². The lowest BCUT2D eigenvalue weighted by Crippen LogP contribution is -2.27. The normalized spacial score (nSPS) is 23.1. The third kappa shape index (κ3) is 2.28. The highest BCUT2D eigenvalue weighted by molar-refractivity contribution is 5.88. The van der Waals surface area contributed by atoms with Gasteiger partial charge < -0.3 is 15.2 Å². The van der Waals surface area contributed by atoms with Gasteiger partial charge in [0.05, 0.1) is 23.4 Å². The summed E-state index contributed by atoms with van der Waals surface area (Å²) < 4.78 is 32.4. The molecule has 6 heteroatoms. The van der Waals surface area contributed by atoms with Crippen molar-refractivity contribution in [3.63, 3.8) is 0 Å². The van der Waals surface area contributed by atoms with E-state index in [1.807, 2.05) is 6.92 Å². The van der Waals surface area contributed by atoms with Crippen LogP contribution in [0.4, 0.5) is 14.5 Å². The van der Waals surface area contributed by atoms with Crippen LogP contribution in [0.3, 0.4) is 0 Å². The van der Waals surface area contributed by atoms with Crippen LogP contribution >= 0.6 is 0 Å². The van der Waals surface area contributed by atoms with Crippen LogP contribution in [0.2, 0.25) is 0 Å². The minimum absolute atomic E-state index is 0.0418. The third-order valence-corrected chi connectivity index (χ3v) is 3.03. The SMILES string of the molecule is CC1OCCC1Nc1ccc(C(=O)O)c(F)c1F. The maximum atomic E-state index is 13.7. The lowest BCUT2D eigenvalue weighted by atomic mass is 10.1. The molecule has 2 rings (SSSR count). The number of hydrogen-bond donors (Lipinski definition) is 2. The predicted octanol–water partition coefficient (Wildman–Crippen LogP) is 2.25. The topological polar surface area (TPSA) is 58.6 Å². The van der Waals surface area contributed by atoms with Crippen molar-refractivity contribution in [3.8, 4) is 0 Å². The van der Waals surface area contributed by atoms with Crippen LogP contribution in [-0.2, 0) is 4.74 Å². The molecule has 98 valence electrons. The van der Waals surface area contributed by atoms with Crippen molar-refractivity contribution in [2.75, 3.05) is 11.9 Å². The molecule has 18 heavy (non-hydrogen) atoms. The first kappa shape index (κ1) is 12.8. The number of nitrogens with one attached hydrogen (secondary N) is 1. The second-order valence-corrected chi connectivity index (χ2v) is 4.21. The highest BCUT2D eigenvalue weighted by Crippen LogP contribution is 2.24. The fourth-order valence-electron chi connectivity index (χ4n) is 1.95. The molecule has 4 nitrogen and oxygen atoms in total. The van der Waals surface area contributed by atoms with E-state index in [2.05, 4.69) is 5.32 Å². The quantitative estimate of drug-likeness (QED) is 0.872. The van der Waals surface area contributed by atoms with E-state index in [1.54, 1.807) is 0 Å². The maximum absolute atomic E-state index is 13.7. The molecule has 0 radical (unpaired) electrons. The zero-order chi connectivity index (χ0) is 13.3. The first-order valence-corrected chi connectivity index (χ1v) is 5.60. The number of halogens is 2. The number of carbonyl (C=O) groups is 1. The minimum atomic E-state index is -1.49. The monoisotopic (exact) mass is 257 g/mol. The molecular formula is C12H13F2NO3. The Morgan fingerprint density at radius 2 is 2.17 bits per heavy atom. The van der Waals surface area contributed by atoms with Gasteiger partial charge in [-0.15, -0.1) is 0 Å². The lowest BCUT2D eigenvalue weighted by Gasteiger charge is -2.18. The van der Waals surface area contributed by atoms with Gasteiger partial charge in [0.15, 0.2) is 11.6 Å². The van der Waals surface area contributed by atoms with Crippen LogP contribution in [0.1, 0.15) is 23.7 Å². The molecule has 0 bridgehead atoms. The van der Waals surface area contributed by atoms with Gasteiger partial charge in [-0.2, -0.15) is 0 Å². The number of rotatable bonds is 3. The van der Waals surface area contributed by atoms with Gasteiger partial charge in [0.2, 0.25) is 0 Å². The number of benzene rings is 1. The molecule has 0 spiro atoms. The van der Waals surface area contributed by atoms with E-state index in [9.17, 15) is 13.6 Å². The van der Waals surface area contributed by atoms with Crippen molar-refractivity contribution in [1.82, 2.24) is 0 Å². The van der Waals surface area contributed by atoms with Crippen molar-refractivity contribution in [1.29, 1.82) is 0 Å². The van der Waals surface area contributed by atoms with Crippen LogP contribution < -0.4 is 5.32 Å². The number of hydrogen-bond acceptors (Lipinski definition) is 3. The first-order chi connectivity index (χ1) is 8.50. The zero-order valence-corrected chi connectivity index (χ0v) is 9.74. The van der Waals surface area contributed by atoms with Crippen molar-refractivity contribution >= 4 is 11.7 Å². The van der Waals surface area contributed by atoms with E-state index in [1.165, 1.54) is 6.07 Å². The molecular weight excluding hydrogens is 244 g/mol. The van der Waals surface area contributed by atoms with Gasteiger partial charge in [0.25, 0.3) is 0 Å². The van der Waals surface area contributed by atoms with Crippen molar-refractivity contribution in [2.24, 2.45) is 0 Å². The molecule has 0 aromatic heterocycles. The van der Waals surface area contributed by atoms with Crippen LogP contribution in [0.15, 0.2) is 12.1 Å². The van der Waals surface area contributed by atoms with Gasteiger partial charge in [-0.3, -0.25) is 0 Å². The summed E-state index contributed by atoms with van der Waals surface area (Å²) in [5.74, 6) is -4.01. The van der Waals surface area contributed by atoms with E-state index in [0.29, 0.717) is 13.0 Å². The first-order valence-electron chi connectivity index (χ1n) is 5.60. The molecule has 2 unspecified atom stereocenters. The molecule has 1 aromatic carbocycles. The molecule has 1 saturated heterocycles. The molecule has 1 heterocycles. The molecule has 0 amide bonds. The fourth-order valence-corrected chi connectivity index (χ4v) is 1.95. The van der Waals surface area contributed by atoms with E-state index >= 15 is 0 Å². The van der Waals surface area contributed by atoms with Crippen LogP contribution in [-0.4, -0.2) is 29.8 Å². The fraction of sp³-hybridized carbons (Fsp3) is 0.417. The average Bonchev–Trinajstić information content (AvgIpc) is 2.70. The number of carboxylic acid groups (broad SMARTS) is 1. The summed E-state index contributed by atoms with van der Waals surface area (Å²) >= 11 is 0. The summed E-state index contributed by atoms with van der Waals surface area (Å²) in [6.07, 6.45) is 0.606. The van der Waals surface area contributed by atoms with E-state index < -0.39 is 23.2 Å². The highest BCUT2D eigenvalue weighted by atomic mass is 19.2. The molecule has 0 saturated carbocycles. The van der Waals surface area contributed by atoms with Gasteiger partial charge in [-0.1, -0.05) is 0 Å². The van der Waals surface area contributed by atoms with Crippen molar-refractivity contribution < 1.29 is 23.4 Å². The van der Waals surface area contributed by atoms with E-state index in [4.69, 9.17) is 9.84 Å². The Hall–Kier alpha value is -1.69. The Morgan fingerprint density at radius 3 is 2.72 bits per heavy atom. The Kier molecular flexibility index (Phi) is 3.47. The van der Waals surface area contributed by atoms with E-state index in [0.717, 1.165) is 6.07 Å². The predicted molar refractivity (Wildman–Crippen MR) is 60.8 cm³/mol. The van der Waals surface area contributed by atoms with Crippen molar-refractivity contribution in [2.45, 2.75) is 25.5 Å². The molecule has 1 aromatic rings. The Bertz CT molecular complexity index is 479. The molecule has 1 aliphatic rings. The molecule has 2 atom stereocenters. The lowest BCUT2D eigenvalue weighted by molar-refractivity contribution is 0.0690. The summed E-state index contributed by atoms with van der Waals surface area (Å²) in [5, 5.41) is 11.5. The van der Waals surface area contributed by atoms with Gasteiger partial charge in [-0.05, 0) is 25.5 Å². The number of anilines is 1. The van der Waals surface area contributed by atoms with Crippen LogP contribution in [0, 0.1) is 11.6 Å². The Morgan fingerprint density at radius 1 is 1.44 bits per heavy atom. The Balaban J connectivity index is 2.24. The van der Waals surface area contributed by atoms with Crippen LogP contribution in [0.5, 0.6) is 0 Å². The standard InChI is InChI=1S/C12H13F2NO3/c1-6-8(4-5-18-6)15-9-3-2-7(12(16)17)10(13)11(9)14/h2-3,6,8,15H,4-5H2,1H3,(H,16,17). The van der Waals surface area contributed by atoms with Crippen LogP contribution in [0.25, 0.3) is 0 Å². The smallest absolute Gasteiger partial charge is 0.338 e. The summed E-state index contributed by atoms with van der Waals surface area (Å²) in [7, 11) is 0. The second kappa shape index (κ2) is 4.89. The highest BCUT2D eigenvalue weighted by Gasteiger charge is 2.26. The van der Waals surface area contributed by atoms with Gasteiger partial charge >= 0.3 is 5.97 Å². The van der Waals surface area contributed by atoms with E-state index in [-0.39, 0.29) is 17.8 Å². The minimum Gasteiger partial charge on any atom is -0.478 e. The number of aromatic carboxylic acids is 1. The summed E-state index contributed by atoms with van der Waals surface area (Å²) in [6, 6.07) is 2.17. The second-order valence-electron chi connectivity index (χ2n) is 4.21. The average molecular weight is 257 g/mol. The summed E-state index contributed by atoms with van der Waals surface area (Å²) in [6.45, 7) is 2.40. The number of carboxylic acids is 1.